The van der Waals surface area contributed by atoms with Crippen molar-refractivity contribution in [1.29, 1.82) is 0 Å². The van der Waals surface area contributed by atoms with Crippen molar-refractivity contribution < 1.29 is 19.5 Å². The molecule has 8 nitrogen and oxygen atoms in total. The average Bonchev–Trinajstić information content (AvgIpc) is 2.43. The number of nitrogen functional groups attached to an aromatic ring is 1. The topological polar surface area (TPSA) is 126 Å². The number of carbonyl (C=O) groups is 3. The quantitative estimate of drug-likeness (QED) is 0.624. The number of anilines is 1. The Bertz CT molecular complexity index is 554. The molecule has 0 radical (unpaired) electrons. The van der Waals surface area contributed by atoms with E-state index in [1.807, 2.05) is 0 Å². The highest BCUT2D eigenvalue weighted by molar-refractivity contribution is 6.22. The van der Waals surface area contributed by atoms with Crippen molar-refractivity contribution >= 4 is 23.6 Å². The molecule has 1 aromatic rings. The molecule has 88 valence electrons. The Kier molecular flexibility index (Phi) is 2.27. The number of hydrogen-bond acceptors (Lipinski definition) is 6. The first-order chi connectivity index (χ1) is 7.91. The maximum absolute atomic E-state index is 11.6. The zero-order valence-corrected chi connectivity index (χ0v) is 8.80. The second kappa shape index (κ2) is 3.51. The summed E-state index contributed by atoms with van der Waals surface area (Å²) in [4.78, 5) is 42.0. The molecule has 0 aliphatic carbocycles. The zero-order valence-electron chi connectivity index (χ0n) is 8.80. The van der Waals surface area contributed by atoms with Gasteiger partial charge in [0.15, 0.2) is 0 Å². The first-order valence-electron chi connectivity index (χ1n) is 4.62. The lowest BCUT2D eigenvalue weighted by atomic mass is 10.2. The minimum atomic E-state index is -1.14. The SMILES string of the molecule is CN1C(=O)c2nc(CC(=O)O)nc(N)c2C1=O. The van der Waals surface area contributed by atoms with Crippen molar-refractivity contribution in [2.45, 2.75) is 6.42 Å². The first kappa shape index (κ1) is 11.0. The summed E-state index contributed by atoms with van der Waals surface area (Å²) in [6.45, 7) is 0. The van der Waals surface area contributed by atoms with Gasteiger partial charge in [0.25, 0.3) is 11.8 Å². The van der Waals surface area contributed by atoms with Crippen LogP contribution < -0.4 is 5.73 Å². The summed E-state index contributed by atoms with van der Waals surface area (Å²) >= 11 is 0. The van der Waals surface area contributed by atoms with Crippen molar-refractivity contribution in [2.24, 2.45) is 0 Å². The van der Waals surface area contributed by atoms with Crippen molar-refractivity contribution in [3.8, 4) is 0 Å². The van der Waals surface area contributed by atoms with E-state index in [1.54, 1.807) is 0 Å². The number of nitrogens with two attached hydrogens (primary N) is 1. The second-order valence-electron chi connectivity index (χ2n) is 3.49. The fourth-order valence-corrected chi connectivity index (χ4v) is 1.52. The summed E-state index contributed by atoms with van der Waals surface area (Å²) in [6, 6.07) is 0. The van der Waals surface area contributed by atoms with E-state index in [0.29, 0.717) is 0 Å². The number of imide groups is 1. The Balaban J connectivity index is 2.56. The molecule has 0 saturated carbocycles. The van der Waals surface area contributed by atoms with Crippen LogP contribution in [0.25, 0.3) is 0 Å². The van der Waals surface area contributed by atoms with E-state index < -0.39 is 24.2 Å². The predicted octanol–water partition coefficient (Wildman–Crippen LogP) is -1.09. The monoisotopic (exact) mass is 236 g/mol. The standard InChI is InChI=1S/C9H8N4O4/c1-13-8(16)5-6(9(13)17)11-3(2-4(14)15)12-7(5)10/h2H2,1H3,(H,14,15)(H2,10,11,12). The number of aromatic nitrogens is 2. The second-order valence-corrected chi connectivity index (χ2v) is 3.49. The van der Waals surface area contributed by atoms with Crippen LogP contribution in [0.15, 0.2) is 0 Å². The number of hydrogen-bond donors (Lipinski definition) is 2. The van der Waals surface area contributed by atoms with Crippen LogP contribution in [0.5, 0.6) is 0 Å². The Morgan fingerprint density at radius 1 is 1.35 bits per heavy atom. The first-order valence-corrected chi connectivity index (χ1v) is 4.62. The van der Waals surface area contributed by atoms with Crippen molar-refractivity contribution in [1.82, 2.24) is 14.9 Å². The van der Waals surface area contributed by atoms with Gasteiger partial charge in [-0.25, -0.2) is 9.97 Å². The highest BCUT2D eigenvalue weighted by atomic mass is 16.4. The van der Waals surface area contributed by atoms with Gasteiger partial charge in [-0.15, -0.1) is 0 Å². The fourth-order valence-electron chi connectivity index (χ4n) is 1.52. The molecule has 17 heavy (non-hydrogen) atoms. The van der Waals surface area contributed by atoms with Gasteiger partial charge in [-0.2, -0.15) is 0 Å². The normalized spacial score (nSPS) is 14.1. The van der Waals surface area contributed by atoms with Gasteiger partial charge in [0.2, 0.25) is 0 Å². The summed E-state index contributed by atoms with van der Waals surface area (Å²) in [5.74, 6) is -2.59. The van der Waals surface area contributed by atoms with Gasteiger partial charge in [0.05, 0.1) is 0 Å². The van der Waals surface area contributed by atoms with E-state index in [2.05, 4.69) is 9.97 Å². The third-order valence-corrected chi connectivity index (χ3v) is 2.32. The summed E-state index contributed by atoms with van der Waals surface area (Å²) in [6.07, 6.45) is -0.456. The fraction of sp³-hybridized carbons (Fsp3) is 0.222. The van der Waals surface area contributed by atoms with E-state index >= 15 is 0 Å². The van der Waals surface area contributed by atoms with Crippen LogP contribution >= 0.6 is 0 Å². The molecule has 2 rings (SSSR count). The molecule has 0 atom stereocenters. The minimum Gasteiger partial charge on any atom is -0.481 e. The molecule has 2 amide bonds. The van der Waals surface area contributed by atoms with E-state index in [9.17, 15) is 14.4 Å². The largest absolute Gasteiger partial charge is 0.481 e. The molecule has 0 aromatic carbocycles. The van der Waals surface area contributed by atoms with Crippen molar-refractivity contribution in [2.75, 3.05) is 12.8 Å². The number of fused-ring (bicyclic) bond motifs is 1. The van der Waals surface area contributed by atoms with Crippen molar-refractivity contribution in [3.05, 3.63) is 17.1 Å². The molecule has 0 fully saturated rings. The van der Waals surface area contributed by atoms with Crippen LogP contribution in [-0.4, -0.2) is 44.8 Å². The van der Waals surface area contributed by atoms with Gasteiger partial charge in [0.1, 0.15) is 29.3 Å². The van der Waals surface area contributed by atoms with Crippen LogP contribution in [0.3, 0.4) is 0 Å². The van der Waals surface area contributed by atoms with E-state index in [-0.39, 0.29) is 22.9 Å². The van der Waals surface area contributed by atoms with Gasteiger partial charge in [-0.05, 0) is 0 Å². The summed E-state index contributed by atoms with van der Waals surface area (Å²) < 4.78 is 0. The summed E-state index contributed by atoms with van der Waals surface area (Å²) in [7, 11) is 1.29. The molecule has 0 saturated heterocycles. The van der Waals surface area contributed by atoms with E-state index in [4.69, 9.17) is 10.8 Å². The molecule has 0 bridgehead atoms. The lowest BCUT2D eigenvalue weighted by molar-refractivity contribution is -0.136. The molecule has 3 N–H and O–H groups in total. The molecule has 1 aliphatic heterocycles. The predicted molar refractivity (Wildman–Crippen MR) is 54.2 cm³/mol. The smallest absolute Gasteiger partial charge is 0.311 e. The van der Waals surface area contributed by atoms with Gasteiger partial charge in [-0.1, -0.05) is 0 Å². The summed E-state index contributed by atoms with van der Waals surface area (Å²) in [5.41, 5.74) is 5.32. The average molecular weight is 236 g/mol. The summed E-state index contributed by atoms with van der Waals surface area (Å²) in [5, 5.41) is 8.59. The lowest BCUT2D eigenvalue weighted by Crippen LogP contribution is -2.24. The maximum Gasteiger partial charge on any atom is 0.311 e. The lowest BCUT2D eigenvalue weighted by Gasteiger charge is -2.02. The molecule has 2 heterocycles. The van der Waals surface area contributed by atoms with Gasteiger partial charge in [0, 0.05) is 7.05 Å². The van der Waals surface area contributed by atoms with Crippen LogP contribution in [0, 0.1) is 0 Å². The number of nitrogens with zero attached hydrogens (tertiary/aromatic N) is 3. The maximum atomic E-state index is 11.6. The Morgan fingerprint density at radius 2 is 2.00 bits per heavy atom. The molecular weight excluding hydrogens is 228 g/mol. The molecular formula is C9H8N4O4. The van der Waals surface area contributed by atoms with E-state index in [1.165, 1.54) is 7.05 Å². The molecule has 0 spiro atoms. The number of carboxylic acid groups (broad SMARTS) is 1. The van der Waals surface area contributed by atoms with Crippen LogP contribution in [0.1, 0.15) is 26.7 Å². The van der Waals surface area contributed by atoms with Crippen LogP contribution in [-0.2, 0) is 11.2 Å². The highest BCUT2D eigenvalue weighted by Gasteiger charge is 2.37. The molecule has 0 unspecified atom stereocenters. The Morgan fingerprint density at radius 3 is 2.59 bits per heavy atom. The Labute approximate surface area is 95.1 Å². The molecule has 8 heteroatoms. The Hall–Kier alpha value is -2.51. The van der Waals surface area contributed by atoms with E-state index in [0.717, 1.165) is 4.90 Å². The third kappa shape index (κ3) is 1.59. The van der Waals surface area contributed by atoms with Gasteiger partial charge >= 0.3 is 5.97 Å². The number of carboxylic acids is 1. The number of amides is 2. The van der Waals surface area contributed by atoms with Crippen molar-refractivity contribution in [3.63, 3.8) is 0 Å². The number of aliphatic carboxylic acids is 1. The molecule has 1 aromatic heterocycles. The van der Waals surface area contributed by atoms with Crippen LogP contribution in [0.2, 0.25) is 0 Å². The molecule has 1 aliphatic rings. The minimum absolute atomic E-state index is 0.0633. The zero-order chi connectivity index (χ0) is 12.7. The van der Waals surface area contributed by atoms with Crippen LogP contribution in [0.4, 0.5) is 5.82 Å². The highest BCUT2D eigenvalue weighted by Crippen LogP contribution is 2.23. The third-order valence-electron chi connectivity index (χ3n) is 2.32. The number of rotatable bonds is 2. The van der Waals surface area contributed by atoms with Gasteiger partial charge in [-0.3, -0.25) is 19.3 Å². The number of carbonyl (C=O) groups excluding carboxylic acids is 2. The van der Waals surface area contributed by atoms with Gasteiger partial charge < -0.3 is 10.8 Å².